The summed E-state index contributed by atoms with van der Waals surface area (Å²) in [5.74, 6) is 1.70. The fourth-order valence-corrected chi connectivity index (χ4v) is 5.10. The van der Waals surface area contributed by atoms with Crippen LogP contribution in [-0.4, -0.2) is 18.7 Å². The van der Waals surface area contributed by atoms with Gasteiger partial charge in [-0.2, -0.15) is 0 Å². The quantitative estimate of drug-likeness (QED) is 0.604. The Hall–Kier alpha value is -1.55. The van der Waals surface area contributed by atoms with Crippen molar-refractivity contribution in [2.45, 2.75) is 59.2 Å². The summed E-state index contributed by atoms with van der Waals surface area (Å²) in [6, 6.07) is 0. The fraction of sp³-hybridized carbons (Fsp3) is 0.650. The summed E-state index contributed by atoms with van der Waals surface area (Å²) >= 11 is 0. The van der Waals surface area contributed by atoms with E-state index in [1.54, 1.807) is 0 Å². The van der Waals surface area contributed by atoms with Crippen molar-refractivity contribution >= 4 is 5.97 Å². The van der Waals surface area contributed by atoms with Crippen LogP contribution in [0.25, 0.3) is 0 Å². The standard InChI is InChI=1S/C20H26O4/c1-5-11(2)19(21)24-15-7-6-13-8-16-17(12(3)9-22-16)18-20(13,4)14(15)10-23-18/h5,9,13-15,18H,6-8,10H2,1-4H3/b11-5-/t13-,14+,15+,18+,20+/m1/s1. The van der Waals surface area contributed by atoms with Gasteiger partial charge in [0.05, 0.1) is 19.0 Å². The van der Waals surface area contributed by atoms with Crippen LogP contribution in [0.15, 0.2) is 22.3 Å². The Balaban J connectivity index is 1.65. The molecule has 2 aliphatic carbocycles. The molecular weight excluding hydrogens is 304 g/mol. The van der Waals surface area contributed by atoms with Crippen molar-refractivity contribution in [3.8, 4) is 0 Å². The summed E-state index contributed by atoms with van der Waals surface area (Å²) in [5.41, 5.74) is 3.12. The highest BCUT2D eigenvalue weighted by molar-refractivity contribution is 5.87. The molecule has 130 valence electrons. The number of fused-ring (bicyclic) bond motifs is 2. The molecule has 1 aliphatic heterocycles. The Morgan fingerprint density at radius 3 is 2.96 bits per heavy atom. The molecular formula is C20H26O4. The van der Waals surface area contributed by atoms with Crippen molar-refractivity contribution in [1.29, 1.82) is 0 Å². The van der Waals surface area contributed by atoms with E-state index in [9.17, 15) is 4.79 Å². The Morgan fingerprint density at radius 1 is 1.42 bits per heavy atom. The van der Waals surface area contributed by atoms with Crippen LogP contribution in [-0.2, 0) is 20.7 Å². The lowest BCUT2D eigenvalue weighted by Crippen LogP contribution is -2.50. The van der Waals surface area contributed by atoms with Gasteiger partial charge in [-0.1, -0.05) is 13.0 Å². The Kier molecular flexibility index (Phi) is 3.64. The first-order valence-electron chi connectivity index (χ1n) is 8.99. The maximum atomic E-state index is 12.2. The molecule has 1 aromatic rings. The van der Waals surface area contributed by atoms with Crippen LogP contribution in [0, 0.1) is 24.2 Å². The molecule has 0 radical (unpaired) electrons. The average Bonchev–Trinajstić information content (AvgIpc) is 3.10. The van der Waals surface area contributed by atoms with Crippen LogP contribution in [0.3, 0.4) is 0 Å². The van der Waals surface area contributed by atoms with Gasteiger partial charge in [0.15, 0.2) is 0 Å². The van der Waals surface area contributed by atoms with Crippen LogP contribution in [0.2, 0.25) is 0 Å². The highest BCUT2D eigenvalue weighted by Gasteiger charge is 2.61. The van der Waals surface area contributed by atoms with Gasteiger partial charge in [-0.15, -0.1) is 0 Å². The molecule has 1 aromatic heterocycles. The smallest absolute Gasteiger partial charge is 0.333 e. The van der Waals surface area contributed by atoms with E-state index >= 15 is 0 Å². The van der Waals surface area contributed by atoms with E-state index in [4.69, 9.17) is 13.9 Å². The van der Waals surface area contributed by atoms with Gasteiger partial charge in [0.25, 0.3) is 0 Å². The van der Waals surface area contributed by atoms with Gasteiger partial charge in [0.1, 0.15) is 11.9 Å². The summed E-state index contributed by atoms with van der Waals surface area (Å²) < 4.78 is 17.9. The predicted octanol–water partition coefficient (Wildman–Crippen LogP) is 4.13. The highest BCUT2D eigenvalue weighted by Crippen LogP contribution is 2.63. The number of allylic oxidation sites excluding steroid dienone is 1. The Labute approximate surface area is 143 Å². The van der Waals surface area contributed by atoms with E-state index in [-0.39, 0.29) is 29.5 Å². The van der Waals surface area contributed by atoms with Crippen molar-refractivity contribution in [3.63, 3.8) is 0 Å². The van der Waals surface area contributed by atoms with Crippen molar-refractivity contribution in [3.05, 3.63) is 34.8 Å². The second-order valence-corrected chi connectivity index (χ2v) is 7.84. The molecule has 4 nitrogen and oxygen atoms in total. The normalized spacial score (nSPS) is 37.8. The van der Waals surface area contributed by atoms with E-state index in [1.165, 1.54) is 11.1 Å². The molecule has 1 saturated carbocycles. The molecule has 1 saturated heterocycles. The van der Waals surface area contributed by atoms with Crippen LogP contribution in [0.4, 0.5) is 0 Å². The minimum absolute atomic E-state index is 0.0225. The van der Waals surface area contributed by atoms with Crippen LogP contribution >= 0.6 is 0 Å². The summed E-state index contributed by atoms with van der Waals surface area (Å²) in [5, 5.41) is 0. The lowest BCUT2D eigenvalue weighted by atomic mass is 9.54. The molecule has 4 rings (SSSR count). The van der Waals surface area contributed by atoms with Gasteiger partial charge in [0.2, 0.25) is 0 Å². The summed E-state index contributed by atoms with van der Waals surface area (Å²) in [7, 11) is 0. The first-order chi connectivity index (χ1) is 11.5. The summed E-state index contributed by atoms with van der Waals surface area (Å²) in [6.45, 7) is 8.77. The monoisotopic (exact) mass is 330 g/mol. The SMILES string of the molecule is C/C=C(/C)C(=O)O[C@H]1CC[C@@H]2Cc3occ(C)c3[C@@H]3OC[C@@H]1[C@]23C. The number of hydrogen-bond acceptors (Lipinski definition) is 4. The second-order valence-electron chi connectivity index (χ2n) is 7.84. The predicted molar refractivity (Wildman–Crippen MR) is 89.5 cm³/mol. The topological polar surface area (TPSA) is 48.7 Å². The first kappa shape index (κ1) is 15.9. The fourth-order valence-electron chi connectivity index (χ4n) is 5.10. The van der Waals surface area contributed by atoms with E-state index in [1.807, 2.05) is 26.2 Å². The molecule has 5 atom stereocenters. The van der Waals surface area contributed by atoms with Gasteiger partial charge in [0, 0.05) is 28.9 Å². The van der Waals surface area contributed by atoms with Crippen molar-refractivity contribution in [2.75, 3.05) is 6.61 Å². The third-order valence-corrected chi connectivity index (χ3v) is 6.75. The Morgan fingerprint density at radius 2 is 2.21 bits per heavy atom. The lowest BCUT2D eigenvalue weighted by molar-refractivity contribution is -0.155. The van der Waals surface area contributed by atoms with Crippen LogP contribution in [0.1, 0.15) is 56.6 Å². The van der Waals surface area contributed by atoms with E-state index < -0.39 is 0 Å². The minimum Gasteiger partial charge on any atom is -0.469 e. The summed E-state index contributed by atoms with van der Waals surface area (Å²) in [4.78, 5) is 12.2. The first-order valence-corrected chi connectivity index (χ1v) is 8.99. The van der Waals surface area contributed by atoms with Crippen LogP contribution < -0.4 is 0 Å². The zero-order valence-electron chi connectivity index (χ0n) is 14.9. The number of hydrogen-bond donors (Lipinski definition) is 0. The maximum Gasteiger partial charge on any atom is 0.333 e. The van der Waals surface area contributed by atoms with Crippen molar-refractivity contribution in [1.82, 2.24) is 0 Å². The van der Waals surface area contributed by atoms with E-state index in [0.717, 1.165) is 25.0 Å². The third-order valence-electron chi connectivity index (χ3n) is 6.75. The molecule has 24 heavy (non-hydrogen) atoms. The third kappa shape index (κ3) is 2.05. The molecule has 0 amide bonds. The average molecular weight is 330 g/mol. The molecule has 2 heterocycles. The van der Waals surface area contributed by atoms with E-state index in [2.05, 4.69) is 13.8 Å². The number of aryl methyl sites for hydroxylation is 1. The molecule has 0 spiro atoms. The number of ether oxygens (including phenoxy) is 2. The number of carbonyl (C=O) groups excluding carboxylic acids is 1. The summed E-state index contributed by atoms with van der Waals surface area (Å²) in [6.07, 6.45) is 6.63. The zero-order chi connectivity index (χ0) is 17.1. The van der Waals surface area contributed by atoms with Crippen molar-refractivity contribution < 1.29 is 18.7 Å². The van der Waals surface area contributed by atoms with Gasteiger partial charge < -0.3 is 13.9 Å². The Bertz CT molecular complexity index is 700. The molecule has 3 aliphatic rings. The van der Waals surface area contributed by atoms with Gasteiger partial charge in [-0.05, 0) is 45.1 Å². The largest absolute Gasteiger partial charge is 0.469 e. The lowest BCUT2D eigenvalue weighted by Gasteiger charge is -2.50. The number of furan rings is 1. The minimum atomic E-state index is -0.191. The molecule has 0 unspecified atom stereocenters. The van der Waals surface area contributed by atoms with Gasteiger partial charge in [-0.25, -0.2) is 4.79 Å². The molecule has 2 fully saturated rings. The molecule has 0 aromatic carbocycles. The van der Waals surface area contributed by atoms with Gasteiger partial charge >= 0.3 is 5.97 Å². The highest BCUT2D eigenvalue weighted by atomic mass is 16.5. The molecule has 4 heteroatoms. The molecule has 0 N–H and O–H groups in total. The van der Waals surface area contributed by atoms with Crippen molar-refractivity contribution in [2.24, 2.45) is 17.3 Å². The number of rotatable bonds is 2. The zero-order valence-corrected chi connectivity index (χ0v) is 14.9. The van der Waals surface area contributed by atoms with Crippen LogP contribution in [0.5, 0.6) is 0 Å². The van der Waals surface area contributed by atoms with Gasteiger partial charge in [-0.3, -0.25) is 0 Å². The maximum absolute atomic E-state index is 12.2. The number of carbonyl (C=O) groups is 1. The second kappa shape index (κ2) is 5.48. The van der Waals surface area contributed by atoms with E-state index in [0.29, 0.717) is 18.1 Å². The number of esters is 1. The molecule has 0 bridgehead atoms.